The quantitative estimate of drug-likeness (QED) is 0.858. The van der Waals surface area contributed by atoms with Crippen molar-refractivity contribution in [2.45, 2.75) is 65.0 Å². The van der Waals surface area contributed by atoms with Crippen LogP contribution in [0, 0.1) is 6.92 Å². The first-order valence-corrected chi connectivity index (χ1v) is 8.54. The van der Waals surface area contributed by atoms with Gasteiger partial charge in [-0.1, -0.05) is 19.8 Å². The molecular weight excluding hydrogens is 274 g/mol. The highest BCUT2D eigenvalue weighted by molar-refractivity contribution is 5.19. The summed E-state index contributed by atoms with van der Waals surface area (Å²) < 4.78 is 0. The largest absolute Gasteiger partial charge is 0.345 e. The van der Waals surface area contributed by atoms with E-state index in [1.54, 1.807) is 0 Å². The Morgan fingerprint density at radius 2 is 2.23 bits per heavy atom. The molecule has 3 heterocycles. The highest BCUT2D eigenvalue weighted by atomic mass is 15.2. The number of likely N-dealkylation sites (tertiary alicyclic amines) is 1. The van der Waals surface area contributed by atoms with Crippen molar-refractivity contribution in [3.05, 3.63) is 35.2 Å². The SMILES string of the molecule is CCCCc1ncc(CN2CCCC[C@H]2c2[nH]ncc2C)[nH]1. The predicted octanol–water partition coefficient (Wildman–Crippen LogP) is 3.51. The van der Waals surface area contributed by atoms with E-state index in [0.717, 1.165) is 25.3 Å². The van der Waals surface area contributed by atoms with E-state index in [4.69, 9.17) is 0 Å². The minimum absolute atomic E-state index is 0.457. The standard InChI is InChI=1S/C17H27N5/c1-3-4-8-16-18-11-14(20-16)12-22-9-6-5-7-15(22)17-13(2)10-19-21-17/h10-11,15H,3-9,12H2,1-2H3,(H,18,20)(H,19,21)/t15-/m0/s1. The minimum Gasteiger partial charge on any atom is -0.345 e. The van der Waals surface area contributed by atoms with E-state index >= 15 is 0 Å². The Bertz CT molecular complexity index is 585. The Morgan fingerprint density at radius 3 is 3.00 bits per heavy atom. The number of nitrogens with one attached hydrogen (secondary N) is 2. The van der Waals surface area contributed by atoms with Crippen molar-refractivity contribution in [3.63, 3.8) is 0 Å². The van der Waals surface area contributed by atoms with Crippen molar-refractivity contribution in [1.29, 1.82) is 0 Å². The first-order chi connectivity index (χ1) is 10.8. The summed E-state index contributed by atoms with van der Waals surface area (Å²) in [6, 6.07) is 0.457. The molecule has 1 aliphatic heterocycles. The molecule has 1 saturated heterocycles. The highest BCUT2D eigenvalue weighted by Crippen LogP contribution is 2.32. The Balaban J connectivity index is 1.69. The summed E-state index contributed by atoms with van der Waals surface area (Å²) in [7, 11) is 0. The van der Waals surface area contributed by atoms with Crippen molar-refractivity contribution >= 4 is 0 Å². The van der Waals surface area contributed by atoms with Gasteiger partial charge < -0.3 is 4.98 Å². The summed E-state index contributed by atoms with van der Waals surface area (Å²) >= 11 is 0. The van der Waals surface area contributed by atoms with Crippen LogP contribution in [0.25, 0.3) is 0 Å². The zero-order chi connectivity index (χ0) is 15.4. The van der Waals surface area contributed by atoms with Gasteiger partial charge >= 0.3 is 0 Å². The molecular formula is C17H27N5. The first-order valence-electron chi connectivity index (χ1n) is 8.54. The zero-order valence-electron chi connectivity index (χ0n) is 13.7. The summed E-state index contributed by atoms with van der Waals surface area (Å²) in [5.41, 5.74) is 3.78. The maximum absolute atomic E-state index is 4.52. The van der Waals surface area contributed by atoms with Gasteiger partial charge in [0.2, 0.25) is 0 Å². The van der Waals surface area contributed by atoms with Crippen LogP contribution in [-0.4, -0.2) is 31.6 Å². The van der Waals surface area contributed by atoms with Crippen LogP contribution in [0.3, 0.4) is 0 Å². The van der Waals surface area contributed by atoms with Gasteiger partial charge in [-0.15, -0.1) is 0 Å². The molecule has 2 aromatic heterocycles. The molecule has 0 bridgehead atoms. The summed E-state index contributed by atoms with van der Waals surface area (Å²) in [5, 5.41) is 7.41. The van der Waals surface area contributed by atoms with Gasteiger partial charge in [-0.2, -0.15) is 5.10 Å². The number of hydrogen-bond donors (Lipinski definition) is 2. The van der Waals surface area contributed by atoms with Crippen molar-refractivity contribution < 1.29 is 0 Å². The van der Waals surface area contributed by atoms with Crippen molar-refractivity contribution in [2.24, 2.45) is 0 Å². The van der Waals surface area contributed by atoms with Crippen LogP contribution in [0.1, 0.15) is 67.8 Å². The van der Waals surface area contributed by atoms with Gasteiger partial charge in [0.1, 0.15) is 5.82 Å². The third kappa shape index (κ3) is 3.40. The number of hydrogen-bond acceptors (Lipinski definition) is 3. The molecule has 1 fully saturated rings. The molecule has 0 saturated carbocycles. The average molecular weight is 301 g/mol. The van der Waals surface area contributed by atoms with Crippen LogP contribution >= 0.6 is 0 Å². The van der Waals surface area contributed by atoms with Gasteiger partial charge in [0.15, 0.2) is 0 Å². The molecule has 0 aromatic carbocycles. The van der Waals surface area contributed by atoms with Crippen LogP contribution in [0.2, 0.25) is 0 Å². The first kappa shape index (κ1) is 15.3. The summed E-state index contributed by atoms with van der Waals surface area (Å²) in [6.45, 7) is 6.45. The number of nitrogens with zero attached hydrogens (tertiary/aromatic N) is 3. The summed E-state index contributed by atoms with van der Waals surface area (Å²) in [5.74, 6) is 1.13. The van der Waals surface area contributed by atoms with E-state index in [0.29, 0.717) is 6.04 Å². The molecule has 2 N–H and O–H groups in total. The molecule has 1 atom stereocenters. The molecule has 5 heteroatoms. The number of H-pyrrole nitrogens is 2. The van der Waals surface area contributed by atoms with E-state index in [1.807, 2.05) is 12.4 Å². The second kappa shape index (κ2) is 7.09. The number of imidazole rings is 1. The second-order valence-electron chi connectivity index (χ2n) is 6.41. The van der Waals surface area contributed by atoms with Crippen LogP contribution in [0.5, 0.6) is 0 Å². The lowest BCUT2D eigenvalue weighted by Crippen LogP contribution is -2.33. The lowest BCUT2D eigenvalue weighted by Gasteiger charge is -2.35. The molecule has 3 rings (SSSR count). The van der Waals surface area contributed by atoms with Crippen LogP contribution in [-0.2, 0) is 13.0 Å². The predicted molar refractivity (Wildman–Crippen MR) is 87.5 cm³/mol. The number of aromatic nitrogens is 4. The van der Waals surface area contributed by atoms with Gasteiger partial charge in [-0.05, 0) is 38.3 Å². The molecule has 0 aliphatic carbocycles. The topological polar surface area (TPSA) is 60.6 Å². The van der Waals surface area contributed by atoms with Crippen LogP contribution < -0.4 is 0 Å². The van der Waals surface area contributed by atoms with Crippen LogP contribution in [0.15, 0.2) is 12.4 Å². The zero-order valence-corrected chi connectivity index (χ0v) is 13.7. The van der Waals surface area contributed by atoms with E-state index in [2.05, 4.69) is 38.9 Å². The number of aromatic amines is 2. The second-order valence-corrected chi connectivity index (χ2v) is 6.41. The van der Waals surface area contributed by atoms with Crippen LogP contribution in [0.4, 0.5) is 0 Å². The van der Waals surface area contributed by atoms with E-state index in [1.165, 1.54) is 49.1 Å². The molecule has 0 spiro atoms. The van der Waals surface area contributed by atoms with Gasteiger partial charge in [0.25, 0.3) is 0 Å². The fourth-order valence-corrected chi connectivity index (χ4v) is 3.38. The molecule has 22 heavy (non-hydrogen) atoms. The minimum atomic E-state index is 0.457. The fourth-order valence-electron chi connectivity index (χ4n) is 3.38. The smallest absolute Gasteiger partial charge is 0.106 e. The van der Waals surface area contributed by atoms with Gasteiger partial charge in [0.05, 0.1) is 17.9 Å². The monoisotopic (exact) mass is 301 g/mol. The normalized spacial score (nSPS) is 19.6. The van der Waals surface area contributed by atoms with E-state index in [-0.39, 0.29) is 0 Å². The summed E-state index contributed by atoms with van der Waals surface area (Å²) in [4.78, 5) is 10.6. The maximum atomic E-state index is 4.52. The Hall–Kier alpha value is -1.62. The van der Waals surface area contributed by atoms with E-state index < -0.39 is 0 Å². The number of rotatable bonds is 6. The average Bonchev–Trinajstić information content (AvgIpc) is 3.15. The summed E-state index contributed by atoms with van der Waals surface area (Å²) in [6.07, 6.45) is 11.2. The molecule has 5 nitrogen and oxygen atoms in total. The van der Waals surface area contributed by atoms with Gasteiger partial charge in [0, 0.05) is 24.9 Å². The Kier molecular flexibility index (Phi) is 4.93. The molecule has 0 unspecified atom stereocenters. The molecule has 1 aliphatic rings. The third-order valence-electron chi connectivity index (χ3n) is 4.64. The Labute approximate surface area is 132 Å². The van der Waals surface area contributed by atoms with Gasteiger partial charge in [-0.3, -0.25) is 10.00 Å². The van der Waals surface area contributed by atoms with E-state index in [9.17, 15) is 0 Å². The fraction of sp³-hybridized carbons (Fsp3) is 0.647. The lowest BCUT2D eigenvalue weighted by atomic mass is 9.97. The highest BCUT2D eigenvalue weighted by Gasteiger charge is 2.26. The molecule has 2 aromatic rings. The molecule has 0 amide bonds. The van der Waals surface area contributed by atoms with Crippen molar-refractivity contribution in [1.82, 2.24) is 25.1 Å². The molecule has 0 radical (unpaired) electrons. The number of aryl methyl sites for hydroxylation is 2. The van der Waals surface area contributed by atoms with Gasteiger partial charge in [-0.25, -0.2) is 4.98 Å². The van der Waals surface area contributed by atoms with Crippen molar-refractivity contribution in [3.8, 4) is 0 Å². The number of unbranched alkanes of at least 4 members (excludes halogenated alkanes) is 1. The molecule has 120 valence electrons. The third-order valence-corrected chi connectivity index (χ3v) is 4.64. The lowest BCUT2D eigenvalue weighted by molar-refractivity contribution is 0.135. The number of piperidine rings is 1. The Morgan fingerprint density at radius 1 is 1.32 bits per heavy atom. The van der Waals surface area contributed by atoms with Crippen molar-refractivity contribution in [2.75, 3.05) is 6.54 Å². The maximum Gasteiger partial charge on any atom is 0.106 e.